The summed E-state index contributed by atoms with van der Waals surface area (Å²) in [6.07, 6.45) is 1.49. The molecule has 0 spiro atoms. The second kappa shape index (κ2) is 12.7. The number of oxazole rings is 1. The van der Waals surface area contributed by atoms with Crippen LogP contribution in [0.25, 0.3) is 0 Å². The number of hydrogen-bond acceptors (Lipinski definition) is 7. The Morgan fingerprint density at radius 2 is 1.82 bits per heavy atom. The van der Waals surface area contributed by atoms with Gasteiger partial charge in [-0.25, -0.2) is 21.9 Å². The SMILES string of the molecule is CCc1cccc(C(C)(C)NC[C@@H](O)[C@H](Cc2cc(F)cc(F)c2)NC(=O)Cc2coc(NS(C)(=O)=O)n2)c1. The highest BCUT2D eigenvalue weighted by Gasteiger charge is 2.27. The summed E-state index contributed by atoms with van der Waals surface area (Å²) >= 11 is 0. The highest BCUT2D eigenvalue weighted by Crippen LogP contribution is 2.22. The Balaban J connectivity index is 1.73. The van der Waals surface area contributed by atoms with E-state index in [2.05, 4.69) is 33.3 Å². The fourth-order valence-corrected chi connectivity index (χ4v) is 4.48. The van der Waals surface area contributed by atoms with Gasteiger partial charge in [0, 0.05) is 18.2 Å². The van der Waals surface area contributed by atoms with Crippen molar-refractivity contribution in [3.63, 3.8) is 0 Å². The van der Waals surface area contributed by atoms with E-state index >= 15 is 0 Å². The van der Waals surface area contributed by atoms with Crippen LogP contribution in [0, 0.1) is 11.6 Å². The maximum absolute atomic E-state index is 13.8. The molecule has 212 valence electrons. The standard InChI is InChI=1S/C27H34F2N4O5S/c1-5-17-7-6-8-19(9-17)27(2,3)30-15-24(34)23(12-18-10-20(28)13-21(29)11-18)32-25(35)14-22-16-38-26(31-22)33-39(4,36)37/h6-11,13,16,23-24,30,34H,5,12,14-15H2,1-4H3,(H,31,33)(H,32,35)/t23-,24+/m0/s1. The minimum Gasteiger partial charge on any atom is -0.431 e. The number of nitrogens with one attached hydrogen (secondary N) is 3. The minimum absolute atomic E-state index is 0.0469. The fraction of sp³-hybridized carbons (Fsp3) is 0.407. The number of sulfonamides is 1. The quantitative estimate of drug-likeness (QED) is 0.251. The minimum atomic E-state index is -3.61. The van der Waals surface area contributed by atoms with Gasteiger partial charge in [0.1, 0.15) is 17.9 Å². The molecule has 1 amide bonds. The molecule has 1 heterocycles. The van der Waals surface area contributed by atoms with Crippen molar-refractivity contribution in [1.82, 2.24) is 15.6 Å². The number of rotatable bonds is 13. The summed E-state index contributed by atoms with van der Waals surface area (Å²) in [4.78, 5) is 16.7. The number of nitrogens with zero attached hydrogens (tertiary/aromatic N) is 1. The summed E-state index contributed by atoms with van der Waals surface area (Å²) in [6.45, 7) is 6.07. The van der Waals surface area contributed by atoms with E-state index in [4.69, 9.17) is 4.42 Å². The van der Waals surface area contributed by atoms with Crippen LogP contribution in [-0.4, -0.2) is 49.4 Å². The van der Waals surface area contributed by atoms with Gasteiger partial charge in [0.2, 0.25) is 15.9 Å². The Labute approximate surface area is 227 Å². The molecule has 0 aliphatic carbocycles. The van der Waals surface area contributed by atoms with E-state index < -0.39 is 45.2 Å². The lowest BCUT2D eigenvalue weighted by molar-refractivity contribution is -0.122. The average Bonchev–Trinajstić information content (AvgIpc) is 3.26. The summed E-state index contributed by atoms with van der Waals surface area (Å²) in [5, 5.41) is 17.1. The van der Waals surface area contributed by atoms with E-state index in [9.17, 15) is 27.1 Å². The number of aromatic nitrogens is 1. The maximum atomic E-state index is 13.8. The zero-order valence-electron chi connectivity index (χ0n) is 22.3. The molecule has 2 atom stereocenters. The van der Waals surface area contributed by atoms with Crippen molar-refractivity contribution in [2.45, 2.75) is 57.7 Å². The van der Waals surface area contributed by atoms with Crippen molar-refractivity contribution in [3.8, 4) is 0 Å². The Hall–Kier alpha value is -3.35. The third-order valence-corrected chi connectivity index (χ3v) is 6.71. The molecule has 0 fully saturated rings. The molecular formula is C27H34F2N4O5S. The van der Waals surface area contributed by atoms with Crippen molar-refractivity contribution in [2.24, 2.45) is 0 Å². The molecular weight excluding hydrogens is 530 g/mol. The third kappa shape index (κ3) is 9.41. The van der Waals surface area contributed by atoms with Gasteiger partial charge in [-0.15, -0.1) is 0 Å². The summed E-state index contributed by atoms with van der Waals surface area (Å²) in [7, 11) is -3.61. The normalized spacial score (nSPS) is 13.6. The van der Waals surface area contributed by atoms with Crippen molar-refractivity contribution >= 4 is 21.9 Å². The van der Waals surface area contributed by atoms with Crippen molar-refractivity contribution in [3.05, 3.63) is 82.7 Å². The molecule has 0 saturated carbocycles. The molecule has 1 aromatic heterocycles. The van der Waals surface area contributed by atoms with Crippen LogP contribution in [0.15, 0.2) is 53.1 Å². The number of carbonyl (C=O) groups excluding carboxylic acids is 1. The van der Waals surface area contributed by atoms with Crippen LogP contribution in [0.1, 0.15) is 43.2 Å². The molecule has 39 heavy (non-hydrogen) atoms. The predicted octanol–water partition coefficient (Wildman–Crippen LogP) is 3.04. The lowest BCUT2D eigenvalue weighted by atomic mass is 9.91. The zero-order valence-corrected chi connectivity index (χ0v) is 23.1. The van der Waals surface area contributed by atoms with E-state index in [1.54, 1.807) is 0 Å². The summed E-state index contributed by atoms with van der Waals surface area (Å²) in [5.41, 5.74) is 2.08. The number of hydrogen-bond donors (Lipinski definition) is 4. The molecule has 0 radical (unpaired) electrons. The van der Waals surface area contributed by atoms with E-state index in [1.165, 1.54) is 5.56 Å². The molecule has 3 aromatic rings. The first kappa shape index (κ1) is 30.2. The number of anilines is 1. The molecule has 9 nitrogen and oxygen atoms in total. The average molecular weight is 565 g/mol. The summed E-state index contributed by atoms with van der Waals surface area (Å²) < 4.78 is 57.5. The van der Waals surface area contributed by atoms with E-state index in [1.807, 2.05) is 32.0 Å². The second-order valence-corrected chi connectivity index (χ2v) is 11.7. The van der Waals surface area contributed by atoms with E-state index in [-0.39, 0.29) is 36.7 Å². The van der Waals surface area contributed by atoms with Crippen LogP contribution in [-0.2, 0) is 39.6 Å². The summed E-state index contributed by atoms with van der Waals surface area (Å²) in [6, 6.07) is 9.90. The second-order valence-electron chi connectivity index (χ2n) is 9.98. The van der Waals surface area contributed by atoms with E-state index in [0.717, 1.165) is 42.7 Å². The number of aryl methyl sites for hydroxylation is 1. The highest BCUT2D eigenvalue weighted by molar-refractivity contribution is 7.91. The number of aliphatic hydroxyl groups is 1. The number of halogens is 2. The third-order valence-electron chi connectivity index (χ3n) is 6.16. The van der Waals surface area contributed by atoms with Gasteiger partial charge in [-0.2, -0.15) is 4.98 Å². The van der Waals surface area contributed by atoms with Crippen molar-refractivity contribution in [2.75, 3.05) is 17.5 Å². The molecule has 0 saturated heterocycles. The van der Waals surface area contributed by atoms with Gasteiger partial charge >= 0.3 is 6.01 Å². The molecule has 0 aliphatic rings. The fourth-order valence-electron chi connectivity index (χ4n) is 4.07. The Kier molecular flexibility index (Phi) is 9.81. The lowest BCUT2D eigenvalue weighted by Crippen LogP contribution is -2.51. The first-order valence-electron chi connectivity index (χ1n) is 12.4. The lowest BCUT2D eigenvalue weighted by Gasteiger charge is -2.31. The highest BCUT2D eigenvalue weighted by atomic mass is 32.2. The first-order chi connectivity index (χ1) is 18.2. The predicted molar refractivity (Wildman–Crippen MR) is 144 cm³/mol. The monoisotopic (exact) mass is 564 g/mol. The number of benzene rings is 2. The van der Waals surface area contributed by atoms with Crippen LogP contribution in [0.5, 0.6) is 0 Å². The zero-order chi connectivity index (χ0) is 28.8. The Morgan fingerprint density at radius 1 is 1.13 bits per heavy atom. The van der Waals surface area contributed by atoms with Gasteiger partial charge in [-0.3, -0.25) is 4.79 Å². The molecule has 2 aromatic carbocycles. The van der Waals surface area contributed by atoms with Crippen LogP contribution in [0.2, 0.25) is 0 Å². The Bertz CT molecular complexity index is 1370. The van der Waals surface area contributed by atoms with Gasteiger partial charge in [0.15, 0.2) is 0 Å². The molecule has 12 heteroatoms. The molecule has 0 bridgehead atoms. The molecule has 3 rings (SSSR count). The molecule has 4 N–H and O–H groups in total. The molecule has 0 aliphatic heterocycles. The van der Waals surface area contributed by atoms with Crippen LogP contribution in [0.4, 0.5) is 14.8 Å². The molecule has 0 unspecified atom stereocenters. The largest absolute Gasteiger partial charge is 0.431 e. The number of aliphatic hydroxyl groups excluding tert-OH is 1. The van der Waals surface area contributed by atoms with Crippen molar-refractivity contribution < 1.29 is 31.5 Å². The number of amides is 1. The maximum Gasteiger partial charge on any atom is 0.308 e. The first-order valence-corrected chi connectivity index (χ1v) is 14.3. The van der Waals surface area contributed by atoms with Crippen LogP contribution < -0.4 is 15.4 Å². The van der Waals surface area contributed by atoms with Crippen molar-refractivity contribution in [1.29, 1.82) is 0 Å². The summed E-state index contributed by atoms with van der Waals surface area (Å²) in [5.74, 6) is -2.09. The Morgan fingerprint density at radius 3 is 2.46 bits per heavy atom. The van der Waals surface area contributed by atoms with Gasteiger partial charge in [0.05, 0.1) is 30.5 Å². The van der Waals surface area contributed by atoms with Crippen LogP contribution in [0.3, 0.4) is 0 Å². The van der Waals surface area contributed by atoms with Gasteiger partial charge < -0.3 is 20.2 Å². The number of carbonyl (C=O) groups is 1. The van der Waals surface area contributed by atoms with Gasteiger partial charge in [0.25, 0.3) is 0 Å². The van der Waals surface area contributed by atoms with Gasteiger partial charge in [-0.05, 0) is 55.5 Å². The van der Waals surface area contributed by atoms with Crippen LogP contribution >= 0.6 is 0 Å². The smallest absolute Gasteiger partial charge is 0.308 e. The van der Waals surface area contributed by atoms with E-state index in [0.29, 0.717) is 0 Å². The topological polar surface area (TPSA) is 134 Å². The van der Waals surface area contributed by atoms with Gasteiger partial charge in [-0.1, -0.05) is 31.2 Å².